The van der Waals surface area contributed by atoms with E-state index in [2.05, 4.69) is 34.1 Å². The zero-order valence-electron chi connectivity index (χ0n) is 19.7. The van der Waals surface area contributed by atoms with E-state index in [9.17, 15) is 9.59 Å². The second-order valence-corrected chi connectivity index (χ2v) is 11.5. The first-order valence-corrected chi connectivity index (χ1v) is 14.0. The van der Waals surface area contributed by atoms with Crippen LogP contribution in [0, 0.1) is 0 Å². The fourth-order valence-electron chi connectivity index (χ4n) is 5.70. The lowest BCUT2D eigenvalue weighted by Gasteiger charge is -2.36. The van der Waals surface area contributed by atoms with Crippen molar-refractivity contribution in [2.24, 2.45) is 0 Å². The van der Waals surface area contributed by atoms with Crippen LogP contribution in [0.25, 0.3) is 11.3 Å². The van der Waals surface area contributed by atoms with Gasteiger partial charge in [0.05, 0.1) is 29.8 Å². The summed E-state index contributed by atoms with van der Waals surface area (Å²) in [5.74, 6) is 0.881. The van der Waals surface area contributed by atoms with Crippen molar-refractivity contribution < 1.29 is 9.21 Å². The van der Waals surface area contributed by atoms with Crippen LogP contribution in [0.4, 0.5) is 0 Å². The van der Waals surface area contributed by atoms with E-state index in [4.69, 9.17) is 9.40 Å². The fraction of sp³-hybridized carbons (Fsp3) is 0.276. The van der Waals surface area contributed by atoms with Crippen LogP contribution in [-0.4, -0.2) is 21.1 Å². The average Bonchev–Trinajstić information content (AvgIpc) is 3.57. The van der Waals surface area contributed by atoms with Crippen LogP contribution in [0.15, 0.2) is 85.8 Å². The molecule has 5 nitrogen and oxygen atoms in total. The molecular formula is C29H25BrN2O3S. The van der Waals surface area contributed by atoms with E-state index in [0.29, 0.717) is 23.0 Å². The fourth-order valence-corrected chi connectivity index (χ4v) is 6.85. The largest absolute Gasteiger partial charge is 0.467 e. The van der Waals surface area contributed by atoms with Crippen molar-refractivity contribution in [1.29, 1.82) is 0 Å². The van der Waals surface area contributed by atoms with Crippen LogP contribution in [0.2, 0.25) is 0 Å². The molecule has 0 N–H and O–H groups in total. The van der Waals surface area contributed by atoms with Gasteiger partial charge in [0.2, 0.25) is 0 Å². The number of carbonyl (C=O) groups excluding carboxylic acids is 1. The Balaban J connectivity index is 1.46. The van der Waals surface area contributed by atoms with Gasteiger partial charge in [-0.15, -0.1) is 0 Å². The Kier molecular flexibility index (Phi) is 6.21. The van der Waals surface area contributed by atoms with E-state index in [0.717, 1.165) is 53.4 Å². The molecule has 4 aromatic rings. The maximum absolute atomic E-state index is 14.3. The van der Waals surface area contributed by atoms with E-state index in [1.165, 1.54) is 17.3 Å². The molecule has 2 aliphatic carbocycles. The molecular weight excluding hydrogens is 536 g/mol. The summed E-state index contributed by atoms with van der Waals surface area (Å²) in [4.78, 5) is 32.3. The summed E-state index contributed by atoms with van der Waals surface area (Å²) in [5, 5.41) is 0.547. The maximum atomic E-state index is 14.3. The van der Waals surface area contributed by atoms with Gasteiger partial charge in [-0.05, 0) is 49.1 Å². The zero-order valence-corrected chi connectivity index (χ0v) is 22.1. The van der Waals surface area contributed by atoms with Crippen LogP contribution in [0.1, 0.15) is 52.9 Å². The first-order chi connectivity index (χ1) is 17.5. The number of hydrogen-bond donors (Lipinski definition) is 0. The molecule has 2 aromatic heterocycles. The van der Waals surface area contributed by atoms with Crippen molar-refractivity contribution in [3.05, 3.63) is 104 Å². The minimum atomic E-state index is -0.172. The molecule has 0 saturated heterocycles. The number of ketones is 1. The molecule has 0 atom stereocenters. The van der Waals surface area contributed by atoms with E-state index >= 15 is 0 Å². The molecule has 2 aliphatic rings. The monoisotopic (exact) mass is 560 g/mol. The topological polar surface area (TPSA) is 65.1 Å². The summed E-state index contributed by atoms with van der Waals surface area (Å²) in [6.07, 6.45) is 6.74. The highest BCUT2D eigenvalue weighted by molar-refractivity contribution is 9.10. The van der Waals surface area contributed by atoms with Gasteiger partial charge in [0.15, 0.2) is 10.9 Å². The third-order valence-corrected chi connectivity index (χ3v) is 8.92. The van der Waals surface area contributed by atoms with Crippen LogP contribution in [0.5, 0.6) is 0 Å². The number of nitrogens with zero attached hydrogens (tertiary/aromatic N) is 2. The Labute approximate surface area is 222 Å². The number of aromatic nitrogens is 2. The van der Waals surface area contributed by atoms with Crippen molar-refractivity contribution in [2.45, 2.75) is 49.2 Å². The van der Waals surface area contributed by atoms with E-state index in [1.807, 2.05) is 42.5 Å². The molecule has 0 unspecified atom stereocenters. The lowest BCUT2D eigenvalue weighted by atomic mass is 9.68. The summed E-state index contributed by atoms with van der Waals surface area (Å²) in [6.45, 7) is 0.290. The molecule has 6 rings (SSSR count). The third-order valence-electron chi connectivity index (χ3n) is 7.42. The number of benzene rings is 2. The molecule has 0 amide bonds. The number of rotatable bonds is 6. The van der Waals surface area contributed by atoms with E-state index < -0.39 is 0 Å². The smallest absolute Gasteiger partial charge is 0.258 e. The molecule has 2 aromatic carbocycles. The summed E-state index contributed by atoms with van der Waals surface area (Å²) in [7, 11) is 0. The second kappa shape index (κ2) is 9.52. The molecule has 1 spiro atoms. The normalized spacial score (nSPS) is 15.6. The Morgan fingerprint density at radius 2 is 1.83 bits per heavy atom. The maximum Gasteiger partial charge on any atom is 0.258 e. The summed E-state index contributed by atoms with van der Waals surface area (Å²) in [5.41, 5.74) is 4.38. The lowest BCUT2D eigenvalue weighted by molar-refractivity contribution is 0.102. The van der Waals surface area contributed by atoms with Crippen LogP contribution in [-0.2, 0) is 18.4 Å². The Hall–Kier alpha value is -2.90. The number of thioether (sulfide) groups is 1. The predicted molar refractivity (Wildman–Crippen MR) is 145 cm³/mol. The quantitative estimate of drug-likeness (QED) is 0.150. The highest BCUT2D eigenvalue weighted by Gasteiger charge is 2.44. The van der Waals surface area contributed by atoms with Crippen molar-refractivity contribution >= 4 is 33.5 Å². The summed E-state index contributed by atoms with van der Waals surface area (Å²) in [6, 6.07) is 19.3. The standard InChI is InChI=1S/C29H25BrN2O3S/c30-21-11-9-19(10-12-21)24(33)18-36-28-31-26-23-8-2-1-6-20(23)16-29(13-3-4-14-29)25(26)27(34)32(28)17-22-7-5-15-35-22/h1-2,5-12,15H,3-4,13-14,16-18H2. The van der Waals surface area contributed by atoms with Crippen molar-refractivity contribution in [3.63, 3.8) is 0 Å². The highest BCUT2D eigenvalue weighted by Crippen LogP contribution is 2.50. The first kappa shape index (κ1) is 23.5. The van der Waals surface area contributed by atoms with Gasteiger partial charge in [-0.25, -0.2) is 4.98 Å². The Morgan fingerprint density at radius 1 is 1.06 bits per heavy atom. The van der Waals surface area contributed by atoms with Crippen LogP contribution in [0.3, 0.4) is 0 Å². The Bertz CT molecular complexity index is 1490. The molecule has 182 valence electrons. The van der Waals surface area contributed by atoms with Crippen molar-refractivity contribution in [2.75, 3.05) is 5.75 Å². The number of carbonyl (C=O) groups is 1. The summed E-state index contributed by atoms with van der Waals surface area (Å²) >= 11 is 4.73. The van der Waals surface area contributed by atoms with Gasteiger partial charge in [0, 0.05) is 21.0 Å². The average molecular weight is 562 g/mol. The number of fused-ring (bicyclic) bond motifs is 4. The van der Waals surface area contributed by atoms with Crippen molar-refractivity contribution in [3.8, 4) is 11.3 Å². The number of halogens is 1. The molecule has 1 saturated carbocycles. The molecule has 36 heavy (non-hydrogen) atoms. The molecule has 0 aliphatic heterocycles. The van der Waals surface area contributed by atoms with E-state index in [1.54, 1.807) is 10.8 Å². The van der Waals surface area contributed by atoms with E-state index in [-0.39, 0.29) is 22.5 Å². The SMILES string of the molecule is O=C(CSc1nc2c(c(=O)n1Cc1ccco1)C1(CCCC1)Cc1ccccc1-2)c1ccc(Br)cc1. The first-order valence-electron chi connectivity index (χ1n) is 12.2. The second-order valence-electron chi connectivity index (χ2n) is 9.63. The minimum absolute atomic E-state index is 0.00307. The number of furan rings is 1. The molecule has 0 bridgehead atoms. The minimum Gasteiger partial charge on any atom is -0.467 e. The predicted octanol–water partition coefficient (Wildman–Crippen LogP) is 6.66. The number of hydrogen-bond acceptors (Lipinski definition) is 5. The highest BCUT2D eigenvalue weighted by atomic mass is 79.9. The van der Waals surface area contributed by atoms with Gasteiger partial charge in [-0.3, -0.25) is 14.2 Å². The van der Waals surface area contributed by atoms with Gasteiger partial charge >= 0.3 is 0 Å². The van der Waals surface area contributed by atoms with Gasteiger partial charge in [0.25, 0.3) is 5.56 Å². The Morgan fingerprint density at radius 3 is 2.58 bits per heavy atom. The van der Waals surface area contributed by atoms with Gasteiger partial charge < -0.3 is 4.42 Å². The zero-order chi connectivity index (χ0) is 24.7. The van der Waals surface area contributed by atoms with Crippen LogP contribution < -0.4 is 5.56 Å². The molecule has 0 radical (unpaired) electrons. The van der Waals surface area contributed by atoms with Crippen molar-refractivity contribution in [1.82, 2.24) is 9.55 Å². The third kappa shape index (κ3) is 4.18. The molecule has 1 fully saturated rings. The number of Topliss-reactive ketones (excluding diaryl/α,β-unsaturated/α-hetero) is 1. The van der Waals surface area contributed by atoms with Gasteiger partial charge in [-0.2, -0.15) is 0 Å². The summed E-state index contributed by atoms with van der Waals surface area (Å²) < 4.78 is 8.24. The van der Waals surface area contributed by atoms with Gasteiger partial charge in [0.1, 0.15) is 5.76 Å². The van der Waals surface area contributed by atoms with Gasteiger partial charge in [-0.1, -0.05) is 76.9 Å². The van der Waals surface area contributed by atoms with Crippen LogP contribution >= 0.6 is 27.7 Å². The lowest BCUT2D eigenvalue weighted by Crippen LogP contribution is -2.40. The molecule has 7 heteroatoms. The molecule has 2 heterocycles.